The zero-order chi connectivity index (χ0) is 15.1. The molecule has 0 spiro atoms. The van der Waals surface area contributed by atoms with Crippen LogP contribution < -0.4 is 0 Å². The lowest BCUT2D eigenvalue weighted by atomic mass is 10.3. The van der Waals surface area contributed by atoms with Gasteiger partial charge in [0.05, 0.1) is 0 Å². The lowest BCUT2D eigenvalue weighted by Crippen LogP contribution is -2.42. The van der Waals surface area contributed by atoms with Gasteiger partial charge in [-0.15, -0.1) is 0 Å². The van der Waals surface area contributed by atoms with Crippen molar-refractivity contribution in [3.63, 3.8) is 0 Å². The van der Waals surface area contributed by atoms with Crippen LogP contribution in [-0.4, -0.2) is 56.6 Å². The van der Waals surface area contributed by atoms with Crippen LogP contribution in [0.5, 0.6) is 0 Å². The van der Waals surface area contributed by atoms with Crippen LogP contribution in [0.25, 0.3) is 0 Å². The Bertz CT molecular complexity index is 193. The molecule has 0 atom stereocenters. The average Bonchev–Trinajstić information content (AvgIpc) is 2.49. The van der Waals surface area contributed by atoms with Crippen molar-refractivity contribution >= 4 is 8.80 Å². The topological polar surface area (TPSA) is 46.2 Å². The molecule has 0 saturated carbocycles. The summed E-state index contributed by atoms with van der Waals surface area (Å²) in [4.78, 5) is 0. The summed E-state index contributed by atoms with van der Waals surface area (Å²) in [6.45, 7) is 5.44. The third-order valence-corrected chi connectivity index (χ3v) is 5.96. The Kier molecular flexibility index (Phi) is 29.5. The third kappa shape index (κ3) is 16.7. The highest BCUT2D eigenvalue weighted by Crippen LogP contribution is 2.16. The van der Waals surface area contributed by atoms with Gasteiger partial charge >= 0.3 is 8.80 Å². The minimum absolute atomic E-state index is 0. The standard InChI is InChI=1S/C14H32O5Si.3CH4/c1-5-10-18-11-6-7-12-19-13-8-9-14-20(15-2,16-3)17-4;;;/h5-14H2,1-4H3;3*1H4. The molecular formula is C17H44O5Si. The molecule has 0 fully saturated rings. The normalized spacial score (nSPS) is 10.4. The van der Waals surface area contributed by atoms with Gasteiger partial charge in [-0.3, -0.25) is 0 Å². The molecule has 0 aliphatic heterocycles. The molecule has 0 aromatic rings. The van der Waals surface area contributed by atoms with Crippen molar-refractivity contribution < 1.29 is 22.8 Å². The van der Waals surface area contributed by atoms with Crippen molar-refractivity contribution in [3.05, 3.63) is 0 Å². The van der Waals surface area contributed by atoms with Gasteiger partial charge in [-0.05, 0) is 32.1 Å². The van der Waals surface area contributed by atoms with Crippen molar-refractivity contribution in [2.75, 3.05) is 47.8 Å². The lowest BCUT2D eigenvalue weighted by molar-refractivity contribution is 0.0991. The van der Waals surface area contributed by atoms with Crippen LogP contribution in [0.1, 0.15) is 61.3 Å². The first kappa shape index (κ1) is 30.9. The predicted molar refractivity (Wildman–Crippen MR) is 102 cm³/mol. The summed E-state index contributed by atoms with van der Waals surface area (Å²) in [5, 5.41) is 0. The molecule has 0 rings (SSSR count). The predicted octanol–water partition coefficient (Wildman–Crippen LogP) is 4.78. The smallest absolute Gasteiger partial charge is 0.381 e. The number of unbranched alkanes of at least 4 members (excludes halogenated alkanes) is 2. The molecule has 23 heavy (non-hydrogen) atoms. The second-order valence-corrected chi connectivity index (χ2v) is 7.78. The Morgan fingerprint density at radius 3 is 1.39 bits per heavy atom. The van der Waals surface area contributed by atoms with E-state index in [1.54, 1.807) is 21.3 Å². The van der Waals surface area contributed by atoms with Crippen molar-refractivity contribution in [1.82, 2.24) is 0 Å². The van der Waals surface area contributed by atoms with Gasteiger partial charge in [0, 0.05) is 53.8 Å². The third-order valence-electron chi connectivity index (χ3n) is 3.13. The van der Waals surface area contributed by atoms with Gasteiger partial charge in [-0.2, -0.15) is 0 Å². The molecule has 0 aromatic heterocycles. The van der Waals surface area contributed by atoms with E-state index in [1.807, 2.05) is 0 Å². The molecule has 0 unspecified atom stereocenters. The van der Waals surface area contributed by atoms with E-state index in [0.717, 1.165) is 64.6 Å². The quantitative estimate of drug-likeness (QED) is 0.312. The second-order valence-electron chi connectivity index (χ2n) is 4.68. The van der Waals surface area contributed by atoms with E-state index in [2.05, 4.69) is 6.92 Å². The van der Waals surface area contributed by atoms with Crippen molar-refractivity contribution in [1.29, 1.82) is 0 Å². The minimum atomic E-state index is -2.38. The number of hydrogen-bond donors (Lipinski definition) is 0. The Morgan fingerprint density at radius 1 is 0.609 bits per heavy atom. The fourth-order valence-electron chi connectivity index (χ4n) is 1.86. The average molecular weight is 357 g/mol. The zero-order valence-electron chi connectivity index (χ0n) is 13.6. The highest BCUT2D eigenvalue weighted by molar-refractivity contribution is 6.60. The molecule has 0 radical (unpaired) electrons. The highest BCUT2D eigenvalue weighted by Gasteiger charge is 2.36. The van der Waals surface area contributed by atoms with Crippen LogP contribution in [0.2, 0.25) is 6.04 Å². The minimum Gasteiger partial charge on any atom is -0.381 e. The molecule has 0 heterocycles. The Hall–Kier alpha value is 0.0169. The van der Waals surface area contributed by atoms with Gasteiger partial charge in [0.25, 0.3) is 0 Å². The lowest BCUT2D eigenvalue weighted by Gasteiger charge is -2.24. The van der Waals surface area contributed by atoms with Gasteiger partial charge in [0.1, 0.15) is 0 Å². The zero-order valence-corrected chi connectivity index (χ0v) is 14.6. The monoisotopic (exact) mass is 356 g/mol. The summed E-state index contributed by atoms with van der Waals surface area (Å²) in [6.07, 6.45) is 5.24. The number of hydrogen-bond acceptors (Lipinski definition) is 5. The van der Waals surface area contributed by atoms with E-state index in [0.29, 0.717) is 0 Å². The van der Waals surface area contributed by atoms with Crippen LogP contribution in [0.3, 0.4) is 0 Å². The molecule has 0 aliphatic rings. The molecule has 5 nitrogen and oxygen atoms in total. The Labute approximate surface area is 147 Å². The fourth-order valence-corrected chi connectivity index (χ4v) is 3.65. The summed E-state index contributed by atoms with van der Waals surface area (Å²) in [7, 11) is 2.56. The van der Waals surface area contributed by atoms with Gasteiger partial charge in [0.2, 0.25) is 0 Å². The largest absolute Gasteiger partial charge is 0.500 e. The first-order valence-corrected chi connectivity index (χ1v) is 9.48. The number of rotatable bonds is 15. The van der Waals surface area contributed by atoms with Crippen LogP contribution in [0, 0.1) is 0 Å². The van der Waals surface area contributed by atoms with Crippen molar-refractivity contribution in [2.24, 2.45) is 0 Å². The summed E-state index contributed by atoms with van der Waals surface area (Å²) < 4.78 is 27.1. The maximum atomic E-state index is 5.59. The van der Waals surface area contributed by atoms with Crippen LogP contribution in [0.4, 0.5) is 0 Å². The number of ether oxygens (including phenoxy) is 2. The summed E-state index contributed by atoms with van der Waals surface area (Å²) in [5.41, 5.74) is 0. The maximum absolute atomic E-state index is 5.59. The Balaban J connectivity index is -0.000000602. The van der Waals surface area contributed by atoms with Gasteiger partial charge < -0.3 is 22.8 Å². The van der Waals surface area contributed by atoms with E-state index in [-0.39, 0.29) is 22.3 Å². The molecule has 0 amide bonds. The van der Waals surface area contributed by atoms with E-state index in [1.165, 1.54) is 0 Å². The van der Waals surface area contributed by atoms with Crippen LogP contribution >= 0.6 is 0 Å². The molecule has 0 saturated heterocycles. The highest BCUT2D eigenvalue weighted by atomic mass is 28.4. The van der Waals surface area contributed by atoms with Crippen LogP contribution in [-0.2, 0) is 22.8 Å². The summed E-state index contributed by atoms with van der Waals surface area (Å²) in [6, 6.07) is 0.838. The first-order valence-electron chi connectivity index (χ1n) is 7.55. The van der Waals surface area contributed by atoms with Gasteiger partial charge in [-0.1, -0.05) is 29.2 Å². The molecule has 6 heteroatoms. The van der Waals surface area contributed by atoms with E-state index >= 15 is 0 Å². The summed E-state index contributed by atoms with van der Waals surface area (Å²) >= 11 is 0. The van der Waals surface area contributed by atoms with Gasteiger partial charge in [-0.25, -0.2) is 0 Å². The van der Waals surface area contributed by atoms with Crippen molar-refractivity contribution in [3.8, 4) is 0 Å². The van der Waals surface area contributed by atoms with Crippen LogP contribution in [0.15, 0.2) is 0 Å². The van der Waals surface area contributed by atoms with Gasteiger partial charge in [0.15, 0.2) is 0 Å². The second kappa shape index (κ2) is 22.0. The molecule has 0 aliphatic carbocycles. The van der Waals surface area contributed by atoms with E-state index in [4.69, 9.17) is 22.8 Å². The Morgan fingerprint density at radius 2 is 1.00 bits per heavy atom. The maximum Gasteiger partial charge on any atom is 0.500 e. The SMILES string of the molecule is C.C.C.CCCOCCCCOCCCC[Si](OC)(OC)OC. The molecule has 0 N–H and O–H groups in total. The van der Waals surface area contributed by atoms with Crippen molar-refractivity contribution in [2.45, 2.75) is 67.4 Å². The summed E-state index contributed by atoms with van der Waals surface area (Å²) in [5.74, 6) is 0. The first-order chi connectivity index (χ1) is 9.74. The van der Waals surface area contributed by atoms with E-state index < -0.39 is 8.80 Å². The molecule has 0 bridgehead atoms. The fraction of sp³-hybridized carbons (Fsp3) is 1.00. The molecule has 0 aromatic carbocycles. The van der Waals surface area contributed by atoms with E-state index in [9.17, 15) is 0 Å². The molecule has 146 valence electrons. The molecular weight excluding hydrogens is 312 g/mol.